The van der Waals surface area contributed by atoms with Crippen molar-refractivity contribution in [1.82, 2.24) is 4.90 Å². The predicted molar refractivity (Wildman–Crippen MR) is 122 cm³/mol. The van der Waals surface area contributed by atoms with Gasteiger partial charge in [-0.1, -0.05) is 78.9 Å². The molecule has 0 aromatic heterocycles. The maximum atomic E-state index is 14.2. The average molecular weight is 481 g/mol. The highest BCUT2D eigenvalue weighted by molar-refractivity contribution is 5.81. The average Bonchev–Trinajstić information content (AvgIpc) is 3.41. The largest absolute Gasteiger partial charge is 0.481 e. The predicted octanol–water partition coefficient (Wildman–Crippen LogP) is 5.67. The zero-order chi connectivity index (χ0) is 24.8. The molecular formula is C27H22F3NO4. The van der Waals surface area contributed by atoms with Crippen LogP contribution in [0.3, 0.4) is 0 Å². The lowest BCUT2D eigenvalue weighted by atomic mass is 9.74. The summed E-state index contributed by atoms with van der Waals surface area (Å²) in [5.74, 6) is -3.72. The van der Waals surface area contributed by atoms with E-state index in [-0.39, 0.29) is 18.1 Å². The summed E-state index contributed by atoms with van der Waals surface area (Å²) in [7, 11) is 0. The van der Waals surface area contributed by atoms with Crippen LogP contribution in [0.2, 0.25) is 0 Å². The van der Waals surface area contributed by atoms with Crippen LogP contribution in [0.1, 0.15) is 28.5 Å². The van der Waals surface area contributed by atoms with Gasteiger partial charge in [-0.3, -0.25) is 4.79 Å². The number of hydrogen-bond donors (Lipinski definition) is 1. The molecule has 1 fully saturated rings. The fraction of sp³-hybridized carbons (Fsp3) is 0.259. The van der Waals surface area contributed by atoms with Crippen molar-refractivity contribution in [2.75, 3.05) is 19.7 Å². The minimum absolute atomic E-state index is 0.0640. The summed E-state index contributed by atoms with van der Waals surface area (Å²) in [6, 6.07) is 23.1. The number of carboxylic acid groups (broad SMARTS) is 1. The summed E-state index contributed by atoms with van der Waals surface area (Å²) >= 11 is 0. The molecule has 180 valence electrons. The van der Waals surface area contributed by atoms with Crippen LogP contribution in [0.5, 0.6) is 0 Å². The number of rotatable bonds is 4. The lowest BCUT2D eigenvalue weighted by Crippen LogP contribution is -2.50. The number of aliphatic carboxylic acids is 1. The van der Waals surface area contributed by atoms with Crippen molar-refractivity contribution in [3.8, 4) is 11.1 Å². The number of halogens is 3. The van der Waals surface area contributed by atoms with Crippen molar-refractivity contribution in [2.45, 2.75) is 18.0 Å². The monoisotopic (exact) mass is 481 g/mol. The smallest absolute Gasteiger partial charge is 0.409 e. The van der Waals surface area contributed by atoms with Crippen molar-refractivity contribution in [3.05, 3.63) is 95.6 Å². The number of amides is 1. The zero-order valence-corrected chi connectivity index (χ0v) is 18.5. The third-order valence-electron chi connectivity index (χ3n) is 7.12. The number of likely N-dealkylation sites (tertiary alicyclic amines) is 1. The Morgan fingerprint density at radius 3 is 2.00 bits per heavy atom. The van der Waals surface area contributed by atoms with Crippen molar-refractivity contribution in [2.24, 2.45) is 5.41 Å². The minimum atomic E-state index is -5.07. The van der Waals surface area contributed by atoms with E-state index in [1.807, 2.05) is 48.5 Å². The van der Waals surface area contributed by atoms with Gasteiger partial charge in [0.1, 0.15) is 6.61 Å². The summed E-state index contributed by atoms with van der Waals surface area (Å²) < 4.78 is 48.2. The second-order valence-electron chi connectivity index (χ2n) is 8.92. The Hall–Kier alpha value is -3.81. The van der Waals surface area contributed by atoms with Gasteiger partial charge < -0.3 is 14.7 Å². The van der Waals surface area contributed by atoms with Crippen molar-refractivity contribution < 1.29 is 32.6 Å². The normalized spacial score (nSPS) is 21.5. The fourth-order valence-corrected chi connectivity index (χ4v) is 5.38. The van der Waals surface area contributed by atoms with Crippen molar-refractivity contribution >= 4 is 12.1 Å². The molecule has 1 saturated heterocycles. The van der Waals surface area contributed by atoms with Gasteiger partial charge in [-0.2, -0.15) is 13.2 Å². The highest BCUT2D eigenvalue weighted by Gasteiger charge is 2.69. The van der Waals surface area contributed by atoms with Gasteiger partial charge in [0.2, 0.25) is 0 Å². The fourth-order valence-electron chi connectivity index (χ4n) is 5.38. The first-order valence-corrected chi connectivity index (χ1v) is 11.2. The summed E-state index contributed by atoms with van der Waals surface area (Å²) in [5.41, 5.74) is 1.08. The molecular weight excluding hydrogens is 459 g/mol. The van der Waals surface area contributed by atoms with Crippen LogP contribution in [-0.2, 0) is 9.53 Å². The van der Waals surface area contributed by atoms with Crippen LogP contribution >= 0.6 is 0 Å². The Morgan fingerprint density at radius 2 is 1.46 bits per heavy atom. The Kier molecular flexibility index (Phi) is 5.54. The molecule has 0 radical (unpaired) electrons. The molecule has 35 heavy (non-hydrogen) atoms. The maximum Gasteiger partial charge on any atom is 0.409 e. The molecule has 0 saturated carbocycles. The van der Waals surface area contributed by atoms with E-state index < -0.39 is 42.7 Å². The molecule has 0 bridgehead atoms. The molecule has 8 heteroatoms. The van der Waals surface area contributed by atoms with Gasteiger partial charge in [-0.15, -0.1) is 0 Å². The minimum Gasteiger partial charge on any atom is -0.481 e. The molecule has 5 rings (SSSR count). The van der Waals surface area contributed by atoms with E-state index in [9.17, 15) is 27.9 Å². The molecule has 1 aliphatic heterocycles. The van der Waals surface area contributed by atoms with Crippen molar-refractivity contribution in [3.63, 3.8) is 0 Å². The number of carboxylic acids is 1. The van der Waals surface area contributed by atoms with Gasteiger partial charge in [0.15, 0.2) is 5.41 Å². The Balaban J connectivity index is 1.40. The van der Waals surface area contributed by atoms with E-state index in [4.69, 9.17) is 4.74 Å². The summed E-state index contributed by atoms with van der Waals surface area (Å²) in [5, 5.41) is 9.75. The van der Waals surface area contributed by atoms with Gasteiger partial charge >= 0.3 is 18.2 Å². The van der Waals surface area contributed by atoms with Gasteiger partial charge in [-0.05, 0) is 27.8 Å². The van der Waals surface area contributed by atoms with Gasteiger partial charge in [-0.25, -0.2) is 4.79 Å². The van der Waals surface area contributed by atoms with Gasteiger partial charge in [0.05, 0.1) is 0 Å². The second-order valence-corrected chi connectivity index (χ2v) is 8.92. The van der Waals surface area contributed by atoms with E-state index in [2.05, 4.69) is 0 Å². The van der Waals surface area contributed by atoms with Crippen molar-refractivity contribution in [1.29, 1.82) is 0 Å². The lowest BCUT2D eigenvalue weighted by Gasteiger charge is -2.32. The van der Waals surface area contributed by atoms with Crippen LogP contribution < -0.4 is 0 Å². The third kappa shape index (κ3) is 3.64. The molecule has 2 aliphatic rings. The standard InChI is InChI=1S/C27H22F3NO4/c28-27(29,30)26(24(32)33)16-31(14-23(26)17-8-2-1-3-9-17)25(34)35-15-22-20-12-6-4-10-18(20)19-11-5-7-13-21(19)22/h1-13,22-23H,14-16H2,(H,32,33). The number of benzene rings is 3. The quantitative estimate of drug-likeness (QED) is 0.522. The maximum absolute atomic E-state index is 14.2. The lowest BCUT2D eigenvalue weighted by molar-refractivity contribution is -0.231. The van der Waals surface area contributed by atoms with Gasteiger partial charge in [0, 0.05) is 24.9 Å². The summed E-state index contributed by atoms with van der Waals surface area (Å²) in [6.45, 7) is -1.49. The molecule has 2 atom stereocenters. The summed E-state index contributed by atoms with van der Waals surface area (Å²) in [6.07, 6.45) is -6.03. The zero-order valence-electron chi connectivity index (χ0n) is 18.5. The number of ether oxygens (including phenoxy) is 1. The molecule has 2 unspecified atom stereocenters. The molecule has 1 heterocycles. The highest BCUT2D eigenvalue weighted by atomic mass is 19.4. The van der Waals surface area contributed by atoms with E-state index in [1.54, 1.807) is 18.2 Å². The molecule has 1 amide bonds. The first-order valence-electron chi connectivity index (χ1n) is 11.2. The second kappa shape index (κ2) is 8.45. The van der Waals surface area contributed by atoms with Crippen LogP contribution in [0.15, 0.2) is 78.9 Å². The molecule has 3 aromatic rings. The van der Waals surface area contributed by atoms with Crippen LogP contribution in [-0.4, -0.2) is 47.9 Å². The van der Waals surface area contributed by atoms with Crippen LogP contribution in [0, 0.1) is 5.41 Å². The van der Waals surface area contributed by atoms with Crippen LogP contribution in [0.4, 0.5) is 18.0 Å². The number of hydrogen-bond acceptors (Lipinski definition) is 3. The topological polar surface area (TPSA) is 66.8 Å². The molecule has 5 nitrogen and oxygen atoms in total. The molecule has 0 spiro atoms. The first kappa shape index (κ1) is 23.0. The Morgan fingerprint density at radius 1 is 0.914 bits per heavy atom. The number of carbonyl (C=O) groups excluding carboxylic acids is 1. The molecule has 1 aliphatic carbocycles. The van der Waals surface area contributed by atoms with E-state index in [0.29, 0.717) is 0 Å². The Bertz CT molecular complexity index is 1230. The summed E-state index contributed by atoms with van der Waals surface area (Å²) in [4.78, 5) is 25.9. The number of nitrogens with zero attached hydrogens (tertiary/aromatic N) is 1. The molecule has 1 N–H and O–H groups in total. The number of fused-ring (bicyclic) bond motifs is 3. The number of carbonyl (C=O) groups is 2. The van der Waals surface area contributed by atoms with Gasteiger partial charge in [0.25, 0.3) is 0 Å². The van der Waals surface area contributed by atoms with E-state index in [1.165, 1.54) is 12.1 Å². The van der Waals surface area contributed by atoms with E-state index >= 15 is 0 Å². The SMILES string of the molecule is O=C(OCC1c2ccccc2-c2ccccc21)N1CC(c2ccccc2)C(C(=O)O)(C(F)(F)F)C1. The Labute approximate surface area is 199 Å². The first-order chi connectivity index (χ1) is 16.7. The van der Waals surface area contributed by atoms with E-state index in [0.717, 1.165) is 27.2 Å². The third-order valence-corrected chi connectivity index (χ3v) is 7.12. The molecule has 3 aromatic carbocycles. The van der Waals surface area contributed by atoms with Crippen LogP contribution in [0.25, 0.3) is 11.1 Å². The number of alkyl halides is 3. The highest BCUT2D eigenvalue weighted by Crippen LogP contribution is 2.53.